The van der Waals surface area contributed by atoms with Gasteiger partial charge < -0.3 is 9.47 Å². The molecule has 3 heterocycles. The Hall–Kier alpha value is -2.67. The lowest BCUT2D eigenvalue weighted by Gasteiger charge is -2.31. The van der Waals surface area contributed by atoms with Gasteiger partial charge in [0, 0.05) is 43.5 Å². The highest BCUT2D eigenvalue weighted by atomic mass is 16.5. The molecule has 0 bridgehead atoms. The maximum absolute atomic E-state index is 5.54. The molecule has 1 saturated heterocycles. The molecule has 0 spiro atoms. The first kappa shape index (κ1) is 17.7. The van der Waals surface area contributed by atoms with Crippen LogP contribution in [-0.2, 0) is 13.6 Å². The zero-order valence-electron chi connectivity index (χ0n) is 16.1. The minimum Gasteiger partial charge on any atom is -0.497 e. The van der Waals surface area contributed by atoms with Gasteiger partial charge in [-0.1, -0.05) is 6.07 Å². The van der Waals surface area contributed by atoms with Gasteiger partial charge in [-0.05, 0) is 32.0 Å². The molecular weight excluding hydrogens is 342 g/mol. The van der Waals surface area contributed by atoms with Crippen molar-refractivity contribution in [2.75, 3.05) is 27.3 Å². The third-order valence-corrected chi connectivity index (χ3v) is 5.35. The highest BCUT2D eigenvalue weighted by Gasteiger charge is 2.26. The van der Waals surface area contributed by atoms with Crippen molar-refractivity contribution >= 4 is 11.2 Å². The fourth-order valence-electron chi connectivity index (χ4n) is 3.87. The van der Waals surface area contributed by atoms with Crippen LogP contribution >= 0.6 is 0 Å². The summed E-state index contributed by atoms with van der Waals surface area (Å²) in [5.74, 6) is 2.12. The molecule has 27 heavy (non-hydrogen) atoms. The largest absolute Gasteiger partial charge is 0.497 e. The first-order valence-electron chi connectivity index (χ1n) is 9.26. The second-order valence-corrected chi connectivity index (χ2v) is 6.97. The van der Waals surface area contributed by atoms with E-state index in [1.165, 1.54) is 5.56 Å². The van der Waals surface area contributed by atoms with Crippen LogP contribution in [0.2, 0.25) is 0 Å². The van der Waals surface area contributed by atoms with E-state index < -0.39 is 0 Å². The minimum atomic E-state index is 0.430. The molecule has 2 aromatic heterocycles. The van der Waals surface area contributed by atoms with Crippen molar-refractivity contribution in [1.29, 1.82) is 0 Å². The highest BCUT2D eigenvalue weighted by molar-refractivity contribution is 5.73. The molecule has 0 aliphatic carbocycles. The van der Waals surface area contributed by atoms with E-state index in [-0.39, 0.29) is 0 Å². The standard InChI is InChI=1S/C20H25N5O2/c1-24-20-19(21-8-9-22-20)18(23-24)14-6-10-25(11-7-14)13-15-4-5-16(26-2)12-17(15)27-3/h4-5,8-9,12,14H,6-7,10-11,13H2,1-3H3. The van der Waals surface area contributed by atoms with Gasteiger partial charge >= 0.3 is 0 Å². The van der Waals surface area contributed by atoms with Crippen molar-refractivity contribution in [2.45, 2.75) is 25.3 Å². The number of fused-ring (bicyclic) bond motifs is 1. The first-order chi connectivity index (χ1) is 13.2. The molecule has 1 aliphatic rings. The molecule has 0 saturated carbocycles. The second kappa shape index (κ2) is 7.52. The fourth-order valence-corrected chi connectivity index (χ4v) is 3.87. The summed E-state index contributed by atoms with van der Waals surface area (Å²) in [6.07, 6.45) is 5.61. The van der Waals surface area contributed by atoms with Crippen LogP contribution in [0.3, 0.4) is 0 Å². The third-order valence-electron chi connectivity index (χ3n) is 5.35. The fraction of sp³-hybridized carbons (Fsp3) is 0.450. The Morgan fingerprint density at radius 1 is 1.07 bits per heavy atom. The van der Waals surface area contributed by atoms with Crippen LogP contribution in [0.25, 0.3) is 11.2 Å². The van der Waals surface area contributed by atoms with Gasteiger partial charge in [0.2, 0.25) is 0 Å². The van der Waals surface area contributed by atoms with Crippen molar-refractivity contribution in [1.82, 2.24) is 24.6 Å². The Kier molecular flexibility index (Phi) is 4.94. The molecule has 1 aromatic carbocycles. The molecule has 7 nitrogen and oxygen atoms in total. The van der Waals surface area contributed by atoms with Crippen LogP contribution in [0.15, 0.2) is 30.6 Å². The zero-order valence-corrected chi connectivity index (χ0v) is 16.1. The number of ether oxygens (including phenoxy) is 2. The van der Waals surface area contributed by atoms with Gasteiger partial charge in [-0.2, -0.15) is 5.10 Å². The summed E-state index contributed by atoms with van der Waals surface area (Å²) in [5.41, 5.74) is 4.07. The molecule has 142 valence electrons. The predicted molar refractivity (Wildman–Crippen MR) is 103 cm³/mol. The number of aromatic nitrogens is 4. The first-order valence-corrected chi connectivity index (χ1v) is 9.26. The molecule has 0 radical (unpaired) electrons. The van der Waals surface area contributed by atoms with Crippen LogP contribution in [0.1, 0.15) is 30.0 Å². The average Bonchev–Trinajstić information content (AvgIpc) is 3.06. The summed E-state index contributed by atoms with van der Waals surface area (Å²) in [7, 11) is 5.31. The third kappa shape index (κ3) is 3.47. The zero-order chi connectivity index (χ0) is 18.8. The summed E-state index contributed by atoms with van der Waals surface area (Å²) in [6, 6.07) is 6.02. The molecule has 4 rings (SSSR count). The maximum Gasteiger partial charge on any atom is 0.176 e. The Morgan fingerprint density at radius 2 is 1.85 bits per heavy atom. The number of aryl methyl sites for hydroxylation is 1. The van der Waals surface area contributed by atoms with E-state index in [2.05, 4.69) is 20.9 Å². The summed E-state index contributed by atoms with van der Waals surface area (Å²) in [4.78, 5) is 11.4. The van der Waals surface area contributed by atoms with Crippen LogP contribution in [-0.4, -0.2) is 52.0 Å². The number of benzene rings is 1. The van der Waals surface area contributed by atoms with Gasteiger partial charge in [0.15, 0.2) is 5.65 Å². The lowest BCUT2D eigenvalue weighted by molar-refractivity contribution is 0.201. The van der Waals surface area contributed by atoms with E-state index in [9.17, 15) is 0 Å². The van der Waals surface area contributed by atoms with Crippen LogP contribution in [0.4, 0.5) is 0 Å². The lowest BCUT2D eigenvalue weighted by atomic mass is 9.93. The Balaban J connectivity index is 1.45. The molecule has 0 amide bonds. The topological polar surface area (TPSA) is 65.3 Å². The number of hydrogen-bond donors (Lipinski definition) is 0. The van der Waals surface area contributed by atoms with E-state index in [1.807, 2.05) is 23.9 Å². The van der Waals surface area contributed by atoms with E-state index in [1.54, 1.807) is 26.6 Å². The number of methoxy groups -OCH3 is 2. The molecule has 0 atom stereocenters. The Morgan fingerprint density at radius 3 is 2.59 bits per heavy atom. The highest BCUT2D eigenvalue weighted by Crippen LogP contribution is 2.32. The Bertz CT molecular complexity index is 931. The van der Waals surface area contributed by atoms with Crippen molar-refractivity contribution in [3.05, 3.63) is 41.9 Å². The quantitative estimate of drug-likeness (QED) is 0.691. The number of nitrogens with zero attached hydrogens (tertiary/aromatic N) is 5. The number of rotatable bonds is 5. The summed E-state index contributed by atoms with van der Waals surface area (Å²) in [5, 5.41) is 4.71. The summed E-state index contributed by atoms with van der Waals surface area (Å²) < 4.78 is 12.7. The van der Waals surface area contributed by atoms with Crippen LogP contribution < -0.4 is 9.47 Å². The molecule has 0 unspecified atom stereocenters. The SMILES string of the molecule is COc1ccc(CN2CCC(c3nn(C)c4nccnc34)CC2)c(OC)c1. The molecular formula is C20H25N5O2. The van der Waals surface area contributed by atoms with Crippen molar-refractivity contribution in [2.24, 2.45) is 7.05 Å². The van der Waals surface area contributed by atoms with Gasteiger partial charge in [-0.3, -0.25) is 4.90 Å². The van der Waals surface area contributed by atoms with Gasteiger partial charge in [0.25, 0.3) is 0 Å². The summed E-state index contributed by atoms with van der Waals surface area (Å²) in [6.45, 7) is 2.93. The average molecular weight is 367 g/mol. The van der Waals surface area contributed by atoms with Crippen LogP contribution in [0, 0.1) is 0 Å². The lowest BCUT2D eigenvalue weighted by Crippen LogP contribution is -2.32. The van der Waals surface area contributed by atoms with Gasteiger partial charge in [0.1, 0.15) is 17.0 Å². The molecule has 7 heteroatoms. The molecule has 0 N–H and O–H groups in total. The maximum atomic E-state index is 5.54. The van der Waals surface area contributed by atoms with E-state index in [0.717, 1.165) is 60.8 Å². The van der Waals surface area contributed by atoms with E-state index in [4.69, 9.17) is 14.6 Å². The monoisotopic (exact) mass is 367 g/mol. The molecule has 1 fully saturated rings. The normalized spacial score (nSPS) is 16.0. The van der Waals surface area contributed by atoms with Gasteiger partial charge in [0.05, 0.1) is 19.9 Å². The molecule has 3 aromatic rings. The van der Waals surface area contributed by atoms with E-state index >= 15 is 0 Å². The number of piperidine rings is 1. The number of likely N-dealkylation sites (tertiary alicyclic amines) is 1. The van der Waals surface area contributed by atoms with E-state index in [0.29, 0.717) is 5.92 Å². The summed E-state index contributed by atoms with van der Waals surface area (Å²) >= 11 is 0. The molecule has 1 aliphatic heterocycles. The smallest absolute Gasteiger partial charge is 0.176 e. The predicted octanol–water partition coefficient (Wildman–Crippen LogP) is 2.76. The number of hydrogen-bond acceptors (Lipinski definition) is 6. The van der Waals surface area contributed by atoms with Crippen molar-refractivity contribution < 1.29 is 9.47 Å². The second-order valence-electron chi connectivity index (χ2n) is 6.97. The van der Waals surface area contributed by atoms with Gasteiger partial charge in [-0.15, -0.1) is 0 Å². The Labute approximate surface area is 158 Å². The minimum absolute atomic E-state index is 0.430. The van der Waals surface area contributed by atoms with Gasteiger partial charge in [-0.25, -0.2) is 14.6 Å². The van der Waals surface area contributed by atoms with Crippen molar-refractivity contribution in [3.63, 3.8) is 0 Å². The van der Waals surface area contributed by atoms with Crippen LogP contribution in [0.5, 0.6) is 11.5 Å². The van der Waals surface area contributed by atoms with Crippen molar-refractivity contribution in [3.8, 4) is 11.5 Å².